The first-order chi connectivity index (χ1) is 14.9. The van der Waals surface area contributed by atoms with E-state index in [4.69, 9.17) is 17.3 Å². The van der Waals surface area contributed by atoms with Crippen LogP contribution in [0.5, 0.6) is 0 Å². The molecule has 0 aliphatic carbocycles. The van der Waals surface area contributed by atoms with Gasteiger partial charge in [0.2, 0.25) is 5.91 Å². The Kier molecular flexibility index (Phi) is 6.08. The quantitative estimate of drug-likeness (QED) is 0.328. The Labute approximate surface area is 189 Å². The number of aromatic nitrogens is 2. The van der Waals surface area contributed by atoms with Crippen molar-refractivity contribution in [1.29, 1.82) is 0 Å². The number of benzene rings is 2. The smallest absolute Gasteiger partial charge is 0.266 e. The minimum absolute atomic E-state index is 0.0194. The normalized spacial score (nSPS) is 10.9. The average Bonchev–Trinajstić information content (AvgIpc) is 3.22. The van der Waals surface area contributed by atoms with E-state index in [-0.39, 0.29) is 22.8 Å². The molecule has 2 aromatic carbocycles. The zero-order chi connectivity index (χ0) is 22.0. The number of primary amides is 1. The fourth-order valence-corrected chi connectivity index (χ4v) is 4.67. The summed E-state index contributed by atoms with van der Waals surface area (Å²) in [6, 6.07) is 15.4. The van der Waals surface area contributed by atoms with Gasteiger partial charge in [0.1, 0.15) is 5.00 Å². The van der Waals surface area contributed by atoms with E-state index in [0.717, 1.165) is 11.8 Å². The molecular weight excluding hydrogens is 456 g/mol. The molecule has 0 fully saturated rings. The molecule has 0 spiro atoms. The summed E-state index contributed by atoms with van der Waals surface area (Å²) in [5.74, 6) is -0.980. The number of nitrogens with one attached hydrogen (secondary N) is 1. The largest absolute Gasteiger partial charge is 0.366 e. The van der Waals surface area contributed by atoms with Crippen molar-refractivity contribution in [3.63, 3.8) is 0 Å². The van der Waals surface area contributed by atoms with Crippen molar-refractivity contribution in [2.24, 2.45) is 5.73 Å². The highest BCUT2D eigenvalue weighted by Gasteiger charge is 2.16. The Morgan fingerprint density at radius 3 is 2.61 bits per heavy atom. The maximum atomic E-state index is 13.2. The van der Waals surface area contributed by atoms with Crippen LogP contribution in [0.1, 0.15) is 10.4 Å². The topological polar surface area (TPSA) is 107 Å². The number of carbonyl (C=O) groups is 2. The van der Waals surface area contributed by atoms with E-state index in [1.165, 1.54) is 15.9 Å². The lowest BCUT2D eigenvalue weighted by Crippen LogP contribution is -2.23. The number of carbonyl (C=O) groups excluding carboxylic acids is 2. The predicted octanol–water partition coefficient (Wildman–Crippen LogP) is 3.93. The van der Waals surface area contributed by atoms with Crippen LogP contribution in [0.3, 0.4) is 0 Å². The first kappa shape index (κ1) is 21.1. The number of amides is 2. The molecule has 0 saturated heterocycles. The monoisotopic (exact) mass is 470 g/mol. The summed E-state index contributed by atoms with van der Waals surface area (Å²) >= 11 is 8.31. The summed E-state index contributed by atoms with van der Waals surface area (Å²) < 4.78 is 1.45. The minimum Gasteiger partial charge on any atom is -0.366 e. The van der Waals surface area contributed by atoms with Crippen molar-refractivity contribution in [1.82, 2.24) is 9.55 Å². The van der Waals surface area contributed by atoms with Crippen molar-refractivity contribution in [2.75, 3.05) is 11.1 Å². The predicted molar refractivity (Wildman–Crippen MR) is 125 cm³/mol. The molecule has 2 amide bonds. The maximum absolute atomic E-state index is 13.2. The molecular formula is C21H15ClN4O3S2. The molecule has 0 unspecified atom stereocenters. The van der Waals surface area contributed by atoms with Crippen LogP contribution in [0.15, 0.2) is 69.9 Å². The number of hydrogen-bond acceptors (Lipinski definition) is 6. The molecule has 4 rings (SSSR count). The van der Waals surface area contributed by atoms with Gasteiger partial charge in [-0.2, -0.15) is 0 Å². The number of fused-ring (bicyclic) bond motifs is 1. The van der Waals surface area contributed by atoms with Gasteiger partial charge in [-0.3, -0.25) is 19.0 Å². The molecule has 10 heteroatoms. The first-order valence-electron chi connectivity index (χ1n) is 9.01. The third kappa shape index (κ3) is 4.48. The number of nitrogens with zero attached hydrogens (tertiary/aromatic N) is 2. The van der Waals surface area contributed by atoms with E-state index in [0.29, 0.717) is 31.8 Å². The van der Waals surface area contributed by atoms with Crippen molar-refractivity contribution in [2.45, 2.75) is 5.16 Å². The van der Waals surface area contributed by atoms with Gasteiger partial charge in [0.25, 0.3) is 11.5 Å². The molecule has 7 nitrogen and oxygen atoms in total. The van der Waals surface area contributed by atoms with E-state index in [9.17, 15) is 14.4 Å². The van der Waals surface area contributed by atoms with Crippen molar-refractivity contribution >= 4 is 62.4 Å². The summed E-state index contributed by atoms with van der Waals surface area (Å²) in [5.41, 5.74) is 6.45. The summed E-state index contributed by atoms with van der Waals surface area (Å²) in [6.45, 7) is 0. The molecule has 3 N–H and O–H groups in total. The van der Waals surface area contributed by atoms with Crippen molar-refractivity contribution < 1.29 is 9.59 Å². The Bertz CT molecular complexity index is 1350. The van der Waals surface area contributed by atoms with Gasteiger partial charge in [-0.05, 0) is 47.8 Å². The van der Waals surface area contributed by atoms with Crippen LogP contribution in [-0.4, -0.2) is 27.1 Å². The van der Waals surface area contributed by atoms with Gasteiger partial charge in [0.15, 0.2) is 5.16 Å². The number of hydrogen-bond donors (Lipinski definition) is 2. The third-order valence-electron chi connectivity index (χ3n) is 4.35. The molecule has 156 valence electrons. The standard InChI is InChI=1S/C21H15ClN4O3S2/c22-12-5-7-13(8-6-12)26-20(29)14-3-1-2-4-16(14)24-21(26)31-11-17(27)25-19-15(18(23)28)9-10-30-19/h1-10H,11H2,(H2,23,28)(H,25,27). The second-order valence-corrected chi connectivity index (χ2v) is 8.69. The van der Waals surface area contributed by atoms with Crippen LogP contribution in [-0.2, 0) is 4.79 Å². The van der Waals surface area contributed by atoms with Crippen LogP contribution in [0.2, 0.25) is 5.02 Å². The lowest BCUT2D eigenvalue weighted by atomic mass is 10.2. The number of halogens is 1. The SMILES string of the molecule is NC(=O)c1ccsc1NC(=O)CSc1nc2ccccc2c(=O)n1-c1ccc(Cl)cc1. The van der Waals surface area contributed by atoms with Crippen molar-refractivity contribution in [3.05, 3.63) is 80.9 Å². The highest BCUT2D eigenvalue weighted by atomic mass is 35.5. The van der Waals surface area contributed by atoms with E-state index in [2.05, 4.69) is 10.3 Å². The molecule has 2 heterocycles. The summed E-state index contributed by atoms with van der Waals surface area (Å²) in [4.78, 5) is 41.7. The van der Waals surface area contributed by atoms with E-state index in [1.807, 2.05) is 0 Å². The average molecular weight is 471 g/mol. The summed E-state index contributed by atoms with van der Waals surface area (Å²) in [6.07, 6.45) is 0. The molecule has 0 saturated carbocycles. The van der Waals surface area contributed by atoms with Gasteiger partial charge in [0.05, 0.1) is 27.9 Å². The molecule has 2 aromatic heterocycles. The molecule has 0 radical (unpaired) electrons. The van der Waals surface area contributed by atoms with E-state index < -0.39 is 5.91 Å². The third-order valence-corrected chi connectivity index (χ3v) is 6.37. The van der Waals surface area contributed by atoms with Crippen LogP contribution in [0.4, 0.5) is 5.00 Å². The maximum Gasteiger partial charge on any atom is 0.266 e. The fraction of sp³-hybridized carbons (Fsp3) is 0.0476. The lowest BCUT2D eigenvalue weighted by Gasteiger charge is -2.13. The van der Waals surface area contributed by atoms with Gasteiger partial charge in [-0.1, -0.05) is 35.5 Å². The Hall–Kier alpha value is -3.14. The Morgan fingerprint density at radius 2 is 1.87 bits per heavy atom. The Morgan fingerprint density at radius 1 is 1.13 bits per heavy atom. The number of thiophene rings is 1. The van der Waals surface area contributed by atoms with Crippen LogP contribution in [0.25, 0.3) is 16.6 Å². The molecule has 4 aromatic rings. The highest BCUT2D eigenvalue weighted by molar-refractivity contribution is 7.99. The van der Waals surface area contributed by atoms with Gasteiger partial charge in [-0.15, -0.1) is 11.3 Å². The zero-order valence-corrected chi connectivity index (χ0v) is 18.3. The van der Waals surface area contributed by atoms with Crippen molar-refractivity contribution in [3.8, 4) is 5.69 Å². The number of rotatable bonds is 6. The van der Waals surface area contributed by atoms with Gasteiger partial charge >= 0.3 is 0 Å². The minimum atomic E-state index is -0.614. The van der Waals surface area contributed by atoms with Gasteiger partial charge in [0, 0.05) is 5.02 Å². The fourth-order valence-electron chi connectivity index (χ4n) is 2.92. The molecule has 0 atom stereocenters. The molecule has 31 heavy (non-hydrogen) atoms. The van der Waals surface area contributed by atoms with E-state index in [1.54, 1.807) is 60.0 Å². The summed E-state index contributed by atoms with van der Waals surface area (Å²) in [5, 5.41) is 6.12. The summed E-state index contributed by atoms with van der Waals surface area (Å²) in [7, 11) is 0. The molecule has 0 aliphatic rings. The second-order valence-electron chi connectivity index (χ2n) is 6.39. The Balaban J connectivity index is 1.66. The van der Waals surface area contributed by atoms with Gasteiger partial charge < -0.3 is 11.1 Å². The number of para-hydroxylation sites is 1. The highest BCUT2D eigenvalue weighted by Crippen LogP contribution is 2.25. The number of anilines is 1. The first-order valence-corrected chi connectivity index (χ1v) is 11.3. The van der Waals surface area contributed by atoms with Crippen LogP contribution in [0, 0.1) is 0 Å². The van der Waals surface area contributed by atoms with E-state index >= 15 is 0 Å². The molecule has 0 bridgehead atoms. The second kappa shape index (κ2) is 8.93. The van der Waals surface area contributed by atoms with Crippen LogP contribution < -0.4 is 16.6 Å². The lowest BCUT2D eigenvalue weighted by molar-refractivity contribution is -0.113. The van der Waals surface area contributed by atoms with Crippen LogP contribution >= 0.6 is 34.7 Å². The number of nitrogens with two attached hydrogens (primary N) is 1. The molecule has 0 aliphatic heterocycles. The number of thioether (sulfide) groups is 1. The zero-order valence-electron chi connectivity index (χ0n) is 15.9. The van der Waals surface area contributed by atoms with Gasteiger partial charge in [-0.25, -0.2) is 4.98 Å².